The molecule has 2 aromatic rings. The van der Waals surface area contributed by atoms with Crippen molar-refractivity contribution in [3.05, 3.63) is 44.5 Å². The Labute approximate surface area is 150 Å². The quantitative estimate of drug-likeness (QED) is 0.685. The van der Waals surface area contributed by atoms with Gasteiger partial charge in [0.05, 0.1) is 0 Å². The molecule has 3 heteroatoms. The lowest BCUT2D eigenvalue weighted by Crippen LogP contribution is -2.20. The van der Waals surface area contributed by atoms with E-state index >= 15 is 0 Å². The maximum atomic E-state index is 10.6. The molecule has 0 unspecified atom stereocenters. The fourth-order valence-corrected chi connectivity index (χ4v) is 4.18. The van der Waals surface area contributed by atoms with Crippen LogP contribution >= 0.6 is 0 Å². The largest absolute Gasteiger partial charge is 0.507 e. The zero-order chi connectivity index (χ0) is 18.8. The lowest BCUT2D eigenvalue weighted by Gasteiger charge is -2.36. The van der Waals surface area contributed by atoms with E-state index in [1.807, 2.05) is 41.5 Å². The summed E-state index contributed by atoms with van der Waals surface area (Å²) in [6.45, 7) is 16.2. The van der Waals surface area contributed by atoms with Gasteiger partial charge in [-0.3, -0.25) is 0 Å². The number of ether oxygens (including phenoxy) is 1. The van der Waals surface area contributed by atoms with Crippen LogP contribution in [0.2, 0.25) is 0 Å². The van der Waals surface area contributed by atoms with E-state index in [1.165, 1.54) is 0 Å². The molecule has 3 rings (SSSR count). The van der Waals surface area contributed by atoms with Crippen LogP contribution in [0, 0.1) is 47.5 Å². The summed E-state index contributed by atoms with van der Waals surface area (Å²) in [5, 5.41) is 21.2. The van der Waals surface area contributed by atoms with Crippen LogP contribution in [0.15, 0.2) is 0 Å². The summed E-state index contributed by atoms with van der Waals surface area (Å²) >= 11 is 0. The second-order valence-electron chi connectivity index (χ2n) is 7.76. The first-order valence-corrected chi connectivity index (χ1v) is 8.92. The Morgan fingerprint density at radius 3 is 1.32 bits per heavy atom. The van der Waals surface area contributed by atoms with Gasteiger partial charge in [-0.05, 0) is 80.8 Å². The fraction of sp³-hybridized carbons (Fsp3) is 0.455. The van der Waals surface area contributed by atoms with Crippen molar-refractivity contribution >= 4 is 0 Å². The lowest BCUT2D eigenvalue weighted by atomic mass is 9.74. The van der Waals surface area contributed by atoms with E-state index in [-0.39, 0.29) is 5.92 Å². The van der Waals surface area contributed by atoms with Crippen molar-refractivity contribution in [1.29, 1.82) is 0 Å². The van der Waals surface area contributed by atoms with Crippen molar-refractivity contribution in [2.75, 3.05) is 0 Å². The molecule has 0 radical (unpaired) electrons. The zero-order valence-corrected chi connectivity index (χ0v) is 16.5. The summed E-state index contributed by atoms with van der Waals surface area (Å²) in [4.78, 5) is 0. The first-order chi connectivity index (χ1) is 11.6. The Morgan fingerprint density at radius 2 is 1.00 bits per heavy atom. The van der Waals surface area contributed by atoms with Crippen LogP contribution in [-0.2, 0) is 0 Å². The molecule has 1 heterocycles. The third kappa shape index (κ3) is 2.25. The molecule has 0 saturated heterocycles. The molecule has 1 aliphatic heterocycles. The SMILES string of the molecule is Cc1c(C)c2c(c(C)c1O)C(C(C)C)c1c(C)c(O)c(C)c(C)c1O2. The molecule has 0 bridgehead atoms. The Bertz CT molecular complexity index is 822. The van der Waals surface area contributed by atoms with Crippen molar-refractivity contribution in [3.63, 3.8) is 0 Å². The van der Waals surface area contributed by atoms with E-state index in [2.05, 4.69) is 13.8 Å². The molecule has 0 atom stereocenters. The van der Waals surface area contributed by atoms with Crippen LogP contribution in [0.5, 0.6) is 23.0 Å². The molecule has 134 valence electrons. The molecule has 3 nitrogen and oxygen atoms in total. The third-order valence-electron chi connectivity index (χ3n) is 6.02. The number of phenolic OH excluding ortho intramolecular Hbond substituents is 2. The van der Waals surface area contributed by atoms with E-state index in [4.69, 9.17) is 4.74 Å². The molecule has 0 aromatic heterocycles. The fourth-order valence-electron chi connectivity index (χ4n) is 4.18. The molecule has 1 aliphatic rings. The Morgan fingerprint density at radius 1 is 0.640 bits per heavy atom. The highest BCUT2D eigenvalue weighted by molar-refractivity contribution is 5.69. The van der Waals surface area contributed by atoms with E-state index in [9.17, 15) is 10.2 Å². The number of hydrogen-bond donors (Lipinski definition) is 2. The van der Waals surface area contributed by atoms with E-state index in [0.29, 0.717) is 17.4 Å². The predicted octanol–water partition coefficient (Wildman–Crippen LogP) is 5.84. The summed E-state index contributed by atoms with van der Waals surface area (Å²) in [5.41, 5.74) is 7.55. The highest BCUT2D eigenvalue weighted by Crippen LogP contribution is 2.56. The molecule has 0 fully saturated rings. The smallest absolute Gasteiger partial charge is 0.134 e. The van der Waals surface area contributed by atoms with Gasteiger partial charge in [0.25, 0.3) is 0 Å². The standard InChI is InChI=1S/C22H28O3/c1-9(2)16-17-14(7)19(23)10(3)12(5)21(17)25-22-13(6)11(4)20(24)15(8)18(16)22/h9,16,23-24H,1-8H3. The average molecular weight is 340 g/mol. The van der Waals surface area contributed by atoms with Crippen LogP contribution in [0.1, 0.15) is 64.3 Å². The molecule has 0 saturated carbocycles. The molecular formula is C22H28O3. The van der Waals surface area contributed by atoms with Crippen LogP contribution in [-0.4, -0.2) is 10.2 Å². The first kappa shape index (κ1) is 17.7. The van der Waals surface area contributed by atoms with E-state index in [0.717, 1.165) is 56.0 Å². The number of benzene rings is 2. The number of fused-ring (bicyclic) bond motifs is 2. The van der Waals surface area contributed by atoms with Crippen molar-refractivity contribution in [2.24, 2.45) is 5.92 Å². The molecule has 0 spiro atoms. The lowest BCUT2D eigenvalue weighted by molar-refractivity contribution is 0.396. The van der Waals surface area contributed by atoms with E-state index < -0.39 is 0 Å². The van der Waals surface area contributed by atoms with Crippen LogP contribution < -0.4 is 4.74 Å². The van der Waals surface area contributed by atoms with Crippen molar-refractivity contribution in [1.82, 2.24) is 0 Å². The monoisotopic (exact) mass is 340 g/mol. The van der Waals surface area contributed by atoms with Gasteiger partial charge in [0.1, 0.15) is 23.0 Å². The normalized spacial score (nSPS) is 13.6. The van der Waals surface area contributed by atoms with Gasteiger partial charge in [-0.1, -0.05) is 13.8 Å². The highest BCUT2D eigenvalue weighted by Gasteiger charge is 2.37. The molecule has 2 N–H and O–H groups in total. The summed E-state index contributed by atoms with van der Waals surface area (Å²) in [7, 11) is 0. The van der Waals surface area contributed by atoms with Gasteiger partial charge in [0.15, 0.2) is 0 Å². The van der Waals surface area contributed by atoms with Crippen LogP contribution in [0.4, 0.5) is 0 Å². The number of aromatic hydroxyl groups is 2. The van der Waals surface area contributed by atoms with Gasteiger partial charge < -0.3 is 14.9 Å². The molecule has 25 heavy (non-hydrogen) atoms. The maximum absolute atomic E-state index is 10.6. The zero-order valence-electron chi connectivity index (χ0n) is 16.5. The topological polar surface area (TPSA) is 49.7 Å². The maximum Gasteiger partial charge on any atom is 0.134 e. The minimum absolute atomic E-state index is 0.0779. The van der Waals surface area contributed by atoms with Crippen molar-refractivity contribution < 1.29 is 14.9 Å². The van der Waals surface area contributed by atoms with Gasteiger partial charge in [-0.15, -0.1) is 0 Å². The minimum Gasteiger partial charge on any atom is -0.507 e. The summed E-state index contributed by atoms with van der Waals surface area (Å²) in [6, 6.07) is 0. The Balaban J connectivity index is 2.47. The van der Waals surface area contributed by atoms with Gasteiger partial charge in [0, 0.05) is 17.0 Å². The second-order valence-corrected chi connectivity index (χ2v) is 7.76. The minimum atomic E-state index is 0.0779. The van der Waals surface area contributed by atoms with Crippen LogP contribution in [0.3, 0.4) is 0 Å². The third-order valence-corrected chi connectivity index (χ3v) is 6.02. The summed E-state index contributed by atoms with van der Waals surface area (Å²) < 4.78 is 6.43. The number of hydrogen-bond acceptors (Lipinski definition) is 3. The Hall–Kier alpha value is -2.16. The van der Waals surface area contributed by atoms with Crippen molar-refractivity contribution in [2.45, 2.75) is 61.3 Å². The number of rotatable bonds is 1. The average Bonchev–Trinajstić information content (AvgIpc) is 2.59. The molecule has 2 aromatic carbocycles. The molecule has 0 aliphatic carbocycles. The Kier molecular flexibility index (Phi) is 4.02. The van der Waals surface area contributed by atoms with E-state index in [1.54, 1.807) is 0 Å². The molecular weight excluding hydrogens is 312 g/mol. The number of phenols is 2. The van der Waals surface area contributed by atoms with Gasteiger partial charge in [-0.25, -0.2) is 0 Å². The van der Waals surface area contributed by atoms with Gasteiger partial charge in [-0.2, -0.15) is 0 Å². The second kappa shape index (κ2) is 5.69. The predicted molar refractivity (Wildman–Crippen MR) is 101 cm³/mol. The summed E-state index contributed by atoms with van der Waals surface area (Å²) in [5.74, 6) is 2.81. The highest BCUT2D eigenvalue weighted by atomic mass is 16.5. The summed E-state index contributed by atoms with van der Waals surface area (Å²) in [6.07, 6.45) is 0. The van der Waals surface area contributed by atoms with Crippen molar-refractivity contribution in [3.8, 4) is 23.0 Å². The first-order valence-electron chi connectivity index (χ1n) is 8.92. The molecule has 0 amide bonds. The van der Waals surface area contributed by atoms with Gasteiger partial charge >= 0.3 is 0 Å². The van der Waals surface area contributed by atoms with Gasteiger partial charge in [0.2, 0.25) is 0 Å². The van der Waals surface area contributed by atoms with Crippen LogP contribution in [0.25, 0.3) is 0 Å².